The number of imide groups is 1. The Morgan fingerprint density at radius 3 is 2.90 bits per heavy atom. The Morgan fingerprint density at radius 2 is 2.15 bits per heavy atom. The van der Waals surface area contributed by atoms with Crippen LogP contribution in [0, 0.1) is 11.3 Å². The minimum absolute atomic E-state index is 0.130. The third-order valence-corrected chi connectivity index (χ3v) is 3.81. The first kappa shape index (κ1) is 12.6. The molecular formula is C15H13NO4. The molecule has 0 aromatic carbocycles. The molecule has 2 amide bonds. The van der Waals surface area contributed by atoms with E-state index in [-0.39, 0.29) is 12.3 Å². The van der Waals surface area contributed by atoms with Gasteiger partial charge in [0, 0.05) is 19.3 Å². The number of hydrogen-bond donors (Lipinski definition) is 0. The quantitative estimate of drug-likeness (QED) is 0.677. The van der Waals surface area contributed by atoms with Gasteiger partial charge in [0.05, 0.1) is 0 Å². The van der Waals surface area contributed by atoms with Gasteiger partial charge in [0.2, 0.25) is 0 Å². The fraction of sp³-hybridized carbons (Fsp3) is 0.267. The highest BCUT2D eigenvalue weighted by molar-refractivity contribution is 6.04. The van der Waals surface area contributed by atoms with Crippen LogP contribution in [0.3, 0.4) is 0 Å². The van der Waals surface area contributed by atoms with E-state index in [9.17, 15) is 14.4 Å². The molecule has 0 N–H and O–H groups in total. The molecule has 0 aromatic rings. The van der Waals surface area contributed by atoms with E-state index < -0.39 is 23.2 Å². The summed E-state index contributed by atoms with van der Waals surface area (Å²) in [6.45, 7) is 1.17. The number of allylic oxidation sites excluding steroid dienone is 6. The second-order valence-corrected chi connectivity index (χ2v) is 4.98. The SMILES string of the molecule is CC(=O)ON1C(=O)CC2C=CC=C3C=CC=CC32C1=O. The van der Waals surface area contributed by atoms with Gasteiger partial charge in [-0.25, -0.2) is 4.79 Å². The summed E-state index contributed by atoms with van der Waals surface area (Å²) in [5, 5.41) is 0.606. The lowest BCUT2D eigenvalue weighted by molar-refractivity contribution is -0.210. The maximum Gasteiger partial charge on any atom is 0.330 e. The zero-order valence-corrected chi connectivity index (χ0v) is 10.9. The van der Waals surface area contributed by atoms with Crippen LogP contribution in [-0.2, 0) is 19.2 Å². The average Bonchev–Trinajstić information content (AvgIpc) is 2.43. The molecule has 3 rings (SSSR count). The topological polar surface area (TPSA) is 63.7 Å². The van der Waals surface area contributed by atoms with Crippen molar-refractivity contribution in [3.05, 3.63) is 48.1 Å². The molecule has 1 fully saturated rings. The predicted molar refractivity (Wildman–Crippen MR) is 69.7 cm³/mol. The zero-order valence-electron chi connectivity index (χ0n) is 10.9. The maximum atomic E-state index is 12.7. The lowest BCUT2D eigenvalue weighted by Crippen LogP contribution is -2.56. The Labute approximate surface area is 115 Å². The summed E-state index contributed by atoms with van der Waals surface area (Å²) < 4.78 is 0. The fourth-order valence-electron chi connectivity index (χ4n) is 2.93. The number of carbonyl (C=O) groups is 3. The average molecular weight is 271 g/mol. The van der Waals surface area contributed by atoms with E-state index >= 15 is 0 Å². The molecule has 5 nitrogen and oxygen atoms in total. The molecule has 1 aliphatic heterocycles. The largest absolute Gasteiger partial charge is 0.331 e. The fourth-order valence-corrected chi connectivity index (χ4v) is 2.93. The standard InChI is InChI=1S/C15H13NO4/c1-10(17)20-16-13(18)9-12-7-4-6-11-5-2-3-8-15(11,12)14(16)19/h2-8,12H,9H2,1H3. The number of rotatable bonds is 1. The number of nitrogens with zero attached hydrogens (tertiary/aromatic N) is 1. The summed E-state index contributed by atoms with van der Waals surface area (Å²) in [6, 6.07) is 0. The summed E-state index contributed by atoms with van der Waals surface area (Å²) >= 11 is 0. The van der Waals surface area contributed by atoms with Crippen LogP contribution in [0.2, 0.25) is 0 Å². The molecule has 5 heteroatoms. The van der Waals surface area contributed by atoms with Crippen molar-refractivity contribution in [1.82, 2.24) is 5.06 Å². The first-order valence-electron chi connectivity index (χ1n) is 6.36. The molecule has 1 saturated heterocycles. The minimum atomic E-state index is -0.938. The molecule has 0 aromatic heterocycles. The Morgan fingerprint density at radius 1 is 1.35 bits per heavy atom. The van der Waals surface area contributed by atoms with Crippen molar-refractivity contribution in [3.8, 4) is 0 Å². The molecule has 3 aliphatic rings. The van der Waals surface area contributed by atoms with Gasteiger partial charge in [-0.15, -0.1) is 5.06 Å². The van der Waals surface area contributed by atoms with Crippen molar-refractivity contribution >= 4 is 17.8 Å². The van der Waals surface area contributed by atoms with Crippen LogP contribution in [-0.4, -0.2) is 22.8 Å². The van der Waals surface area contributed by atoms with E-state index in [1.807, 2.05) is 30.4 Å². The van der Waals surface area contributed by atoms with Gasteiger partial charge in [0.25, 0.3) is 11.8 Å². The first-order chi connectivity index (χ1) is 9.55. The number of hydrogen-bond acceptors (Lipinski definition) is 4. The third kappa shape index (κ3) is 1.59. The zero-order chi connectivity index (χ0) is 14.3. The summed E-state index contributed by atoms with van der Waals surface area (Å²) in [7, 11) is 0. The molecule has 102 valence electrons. The van der Waals surface area contributed by atoms with Crippen LogP contribution in [0.4, 0.5) is 0 Å². The van der Waals surface area contributed by atoms with Crippen molar-refractivity contribution < 1.29 is 19.2 Å². The molecule has 2 unspecified atom stereocenters. The van der Waals surface area contributed by atoms with Crippen LogP contribution in [0.15, 0.2) is 48.1 Å². The summed E-state index contributed by atoms with van der Waals surface area (Å²) in [4.78, 5) is 40.6. The van der Waals surface area contributed by atoms with Gasteiger partial charge >= 0.3 is 5.97 Å². The molecular weight excluding hydrogens is 258 g/mol. The Hall–Kier alpha value is -2.43. The van der Waals surface area contributed by atoms with Gasteiger partial charge in [-0.1, -0.05) is 42.5 Å². The first-order valence-corrected chi connectivity index (χ1v) is 6.36. The summed E-state index contributed by atoms with van der Waals surface area (Å²) in [5.74, 6) is -1.93. The van der Waals surface area contributed by atoms with Gasteiger partial charge in [0.1, 0.15) is 5.41 Å². The van der Waals surface area contributed by atoms with Crippen molar-refractivity contribution in [3.63, 3.8) is 0 Å². The minimum Gasteiger partial charge on any atom is -0.331 e. The van der Waals surface area contributed by atoms with Crippen LogP contribution in [0.1, 0.15) is 13.3 Å². The molecule has 0 bridgehead atoms. The Kier molecular flexibility index (Phi) is 2.71. The van der Waals surface area contributed by atoms with Crippen LogP contribution in [0.25, 0.3) is 0 Å². The van der Waals surface area contributed by atoms with Gasteiger partial charge < -0.3 is 4.84 Å². The highest BCUT2D eigenvalue weighted by Gasteiger charge is 2.55. The smallest absolute Gasteiger partial charge is 0.330 e. The highest BCUT2D eigenvalue weighted by atomic mass is 16.7. The normalized spacial score (nSPS) is 30.8. The van der Waals surface area contributed by atoms with Crippen LogP contribution in [0.5, 0.6) is 0 Å². The van der Waals surface area contributed by atoms with Crippen molar-refractivity contribution in [2.45, 2.75) is 13.3 Å². The third-order valence-electron chi connectivity index (χ3n) is 3.81. The lowest BCUT2D eigenvalue weighted by Gasteiger charge is -2.44. The van der Waals surface area contributed by atoms with Gasteiger partial charge in [-0.05, 0) is 5.57 Å². The van der Waals surface area contributed by atoms with E-state index in [0.29, 0.717) is 5.06 Å². The molecule has 2 aliphatic carbocycles. The van der Waals surface area contributed by atoms with E-state index in [4.69, 9.17) is 4.84 Å². The number of hydroxylamine groups is 2. The summed E-state index contributed by atoms with van der Waals surface area (Å²) in [5.41, 5.74) is -0.130. The van der Waals surface area contributed by atoms with Crippen molar-refractivity contribution in [2.75, 3.05) is 0 Å². The molecule has 0 radical (unpaired) electrons. The predicted octanol–water partition coefficient (Wildman–Crippen LogP) is 1.45. The summed E-state index contributed by atoms with van der Waals surface area (Å²) in [6.07, 6.45) is 12.9. The van der Waals surface area contributed by atoms with Gasteiger partial charge in [-0.2, -0.15) is 0 Å². The molecule has 0 saturated carbocycles. The van der Waals surface area contributed by atoms with E-state index in [1.165, 1.54) is 6.92 Å². The molecule has 1 heterocycles. The number of piperidine rings is 1. The molecule has 1 spiro atoms. The van der Waals surface area contributed by atoms with Crippen LogP contribution < -0.4 is 0 Å². The highest BCUT2D eigenvalue weighted by Crippen LogP contribution is 2.49. The maximum absolute atomic E-state index is 12.7. The Bertz CT molecular complexity index is 626. The number of amides is 2. The van der Waals surface area contributed by atoms with Gasteiger partial charge in [0.15, 0.2) is 0 Å². The molecule has 2 atom stereocenters. The second kappa shape index (κ2) is 4.30. The lowest BCUT2D eigenvalue weighted by atomic mass is 9.62. The second-order valence-electron chi connectivity index (χ2n) is 4.98. The monoisotopic (exact) mass is 271 g/mol. The van der Waals surface area contributed by atoms with Crippen molar-refractivity contribution in [1.29, 1.82) is 0 Å². The van der Waals surface area contributed by atoms with E-state index in [0.717, 1.165) is 5.57 Å². The van der Waals surface area contributed by atoms with Crippen molar-refractivity contribution in [2.24, 2.45) is 11.3 Å². The van der Waals surface area contributed by atoms with Gasteiger partial charge in [-0.3, -0.25) is 9.59 Å². The van der Waals surface area contributed by atoms with E-state index in [1.54, 1.807) is 12.2 Å². The van der Waals surface area contributed by atoms with E-state index in [2.05, 4.69) is 0 Å². The van der Waals surface area contributed by atoms with Crippen LogP contribution >= 0.6 is 0 Å². The molecule has 20 heavy (non-hydrogen) atoms. The Balaban J connectivity index is 2.08. The number of carbonyl (C=O) groups excluding carboxylic acids is 3.